The Labute approximate surface area is 126 Å². The van der Waals surface area contributed by atoms with Crippen molar-refractivity contribution in [2.45, 2.75) is 38.6 Å². The van der Waals surface area contributed by atoms with Gasteiger partial charge in [0.2, 0.25) is 0 Å². The van der Waals surface area contributed by atoms with E-state index in [9.17, 15) is 0 Å². The van der Waals surface area contributed by atoms with Gasteiger partial charge in [-0.05, 0) is 46.8 Å². The number of aromatic nitrogens is 4. The van der Waals surface area contributed by atoms with E-state index >= 15 is 0 Å². The molecule has 0 aromatic carbocycles. The normalized spacial score (nSPS) is 17.5. The number of hydrogen-bond donors (Lipinski definition) is 0. The first-order valence-electron chi connectivity index (χ1n) is 7.68. The van der Waals surface area contributed by atoms with E-state index in [1.807, 2.05) is 29.5 Å². The molecule has 0 unspecified atom stereocenters. The molecule has 0 saturated carbocycles. The summed E-state index contributed by atoms with van der Waals surface area (Å²) < 4.78 is 1.96. The summed E-state index contributed by atoms with van der Waals surface area (Å²) in [7, 11) is 2.18. The van der Waals surface area contributed by atoms with Crippen LogP contribution in [0.2, 0.25) is 0 Å². The summed E-state index contributed by atoms with van der Waals surface area (Å²) in [6.45, 7) is 6.53. The lowest BCUT2D eigenvalue weighted by molar-refractivity contribution is 0.253. The van der Waals surface area contributed by atoms with E-state index < -0.39 is 0 Å². The van der Waals surface area contributed by atoms with Crippen molar-refractivity contribution in [1.82, 2.24) is 24.6 Å². The summed E-state index contributed by atoms with van der Waals surface area (Å²) in [6, 6.07) is 0.365. The maximum atomic E-state index is 4.83. The molecule has 3 rings (SSSR count). The number of nitrogens with zero attached hydrogens (tertiary/aromatic N) is 5. The topological polar surface area (TPSA) is 46.8 Å². The van der Waals surface area contributed by atoms with E-state index in [1.54, 1.807) is 0 Å². The molecule has 3 heterocycles. The zero-order valence-electron chi connectivity index (χ0n) is 13.0. The van der Waals surface area contributed by atoms with Gasteiger partial charge in [-0.3, -0.25) is 9.67 Å². The summed E-state index contributed by atoms with van der Waals surface area (Å²) in [4.78, 5) is 11.6. The third kappa shape index (κ3) is 3.13. The number of likely N-dealkylation sites (tertiary alicyclic amines) is 1. The molecule has 2 aromatic rings. The molecule has 0 N–H and O–H groups in total. The molecule has 0 bridgehead atoms. The second-order valence-corrected chi connectivity index (χ2v) is 6.21. The molecule has 0 amide bonds. The van der Waals surface area contributed by atoms with E-state index in [-0.39, 0.29) is 0 Å². The summed E-state index contributed by atoms with van der Waals surface area (Å²) in [5, 5.41) is 4.39. The predicted molar refractivity (Wildman–Crippen MR) is 83.1 cm³/mol. The van der Waals surface area contributed by atoms with Gasteiger partial charge in [0.25, 0.3) is 0 Å². The van der Waals surface area contributed by atoms with Gasteiger partial charge in [-0.2, -0.15) is 5.10 Å². The van der Waals surface area contributed by atoms with Crippen LogP contribution in [0, 0.1) is 0 Å². The van der Waals surface area contributed by atoms with Gasteiger partial charge >= 0.3 is 0 Å². The highest BCUT2D eigenvalue weighted by molar-refractivity contribution is 5.55. The number of piperidine rings is 1. The van der Waals surface area contributed by atoms with Gasteiger partial charge in [-0.25, -0.2) is 4.98 Å². The zero-order valence-corrected chi connectivity index (χ0v) is 13.0. The molecule has 1 saturated heterocycles. The van der Waals surface area contributed by atoms with E-state index in [4.69, 9.17) is 4.98 Å². The van der Waals surface area contributed by atoms with Gasteiger partial charge in [0.05, 0.1) is 23.8 Å². The number of rotatable bonds is 3. The van der Waals surface area contributed by atoms with Crippen LogP contribution in [0.3, 0.4) is 0 Å². The van der Waals surface area contributed by atoms with E-state index in [0.717, 1.165) is 30.0 Å². The average Bonchev–Trinajstić information content (AvgIpc) is 2.98. The van der Waals surface area contributed by atoms with Crippen molar-refractivity contribution in [1.29, 1.82) is 0 Å². The van der Waals surface area contributed by atoms with E-state index in [2.05, 4.69) is 35.9 Å². The monoisotopic (exact) mass is 285 g/mol. The van der Waals surface area contributed by atoms with Crippen LogP contribution < -0.4 is 0 Å². The molecule has 112 valence electrons. The Morgan fingerprint density at radius 2 is 1.90 bits per heavy atom. The highest BCUT2D eigenvalue weighted by atomic mass is 15.3. The molecule has 1 aliphatic heterocycles. The highest BCUT2D eigenvalue weighted by Crippen LogP contribution is 2.27. The zero-order chi connectivity index (χ0) is 14.8. The Bertz CT molecular complexity index is 596. The Morgan fingerprint density at radius 3 is 2.57 bits per heavy atom. The molecule has 1 fully saturated rings. The second-order valence-electron chi connectivity index (χ2n) is 6.21. The van der Waals surface area contributed by atoms with Crippen molar-refractivity contribution >= 4 is 0 Å². The maximum absolute atomic E-state index is 4.83. The van der Waals surface area contributed by atoms with Crippen molar-refractivity contribution in [3.8, 4) is 11.3 Å². The van der Waals surface area contributed by atoms with Crippen LogP contribution in [0.1, 0.15) is 44.3 Å². The van der Waals surface area contributed by atoms with Crippen molar-refractivity contribution in [3.63, 3.8) is 0 Å². The van der Waals surface area contributed by atoms with Gasteiger partial charge in [0, 0.05) is 29.9 Å². The first kappa shape index (κ1) is 14.2. The number of hydrogen-bond acceptors (Lipinski definition) is 4. The van der Waals surface area contributed by atoms with Crippen LogP contribution in [-0.2, 0) is 0 Å². The molecular formula is C16H23N5. The van der Waals surface area contributed by atoms with Crippen LogP contribution in [-0.4, -0.2) is 44.8 Å². The first-order valence-corrected chi connectivity index (χ1v) is 7.68. The second kappa shape index (κ2) is 5.93. The van der Waals surface area contributed by atoms with Gasteiger partial charge < -0.3 is 4.90 Å². The summed E-state index contributed by atoms with van der Waals surface area (Å²) in [6.07, 6.45) is 10.0. The Kier molecular flexibility index (Phi) is 4.01. The third-order valence-corrected chi connectivity index (χ3v) is 4.22. The van der Waals surface area contributed by atoms with Crippen LogP contribution in [0.15, 0.2) is 24.8 Å². The van der Waals surface area contributed by atoms with Gasteiger partial charge in [0.15, 0.2) is 0 Å². The van der Waals surface area contributed by atoms with Crippen LogP contribution in [0.25, 0.3) is 11.3 Å². The van der Waals surface area contributed by atoms with Gasteiger partial charge in [-0.1, -0.05) is 0 Å². The van der Waals surface area contributed by atoms with Crippen LogP contribution in [0.4, 0.5) is 0 Å². The minimum Gasteiger partial charge on any atom is -0.306 e. The molecule has 5 heteroatoms. The Hall–Kier alpha value is -1.75. The van der Waals surface area contributed by atoms with E-state index in [1.165, 1.54) is 12.8 Å². The average molecular weight is 285 g/mol. The van der Waals surface area contributed by atoms with E-state index in [0.29, 0.717) is 12.0 Å². The smallest absolute Gasteiger partial charge is 0.0920 e. The quantitative estimate of drug-likeness (QED) is 0.870. The van der Waals surface area contributed by atoms with Crippen molar-refractivity contribution in [3.05, 3.63) is 30.5 Å². The van der Waals surface area contributed by atoms with Crippen LogP contribution in [0.5, 0.6) is 0 Å². The van der Waals surface area contributed by atoms with Crippen molar-refractivity contribution in [2.75, 3.05) is 20.1 Å². The lowest BCUT2D eigenvalue weighted by Gasteiger charge is -2.28. The lowest BCUT2D eigenvalue weighted by atomic mass is 9.94. The SMILES string of the molecule is CC(C)n1cc(-c2cncc(C3CCN(C)CC3)n2)cn1. The standard InChI is InChI=1S/C16H23N5/c1-12(2)21-11-14(8-18-21)16-10-17-9-15(19-16)13-4-6-20(3)7-5-13/h8-13H,4-7H2,1-3H3. The molecule has 5 nitrogen and oxygen atoms in total. The van der Waals surface area contributed by atoms with Crippen molar-refractivity contribution in [2.24, 2.45) is 0 Å². The van der Waals surface area contributed by atoms with Gasteiger partial charge in [-0.15, -0.1) is 0 Å². The summed E-state index contributed by atoms with van der Waals surface area (Å²) in [5.41, 5.74) is 3.10. The Balaban J connectivity index is 1.82. The van der Waals surface area contributed by atoms with Crippen LogP contribution >= 0.6 is 0 Å². The fourth-order valence-corrected chi connectivity index (χ4v) is 2.77. The molecular weight excluding hydrogens is 262 g/mol. The molecule has 2 aromatic heterocycles. The molecule has 0 radical (unpaired) electrons. The Morgan fingerprint density at radius 1 is 1.14 bits per heavy atom. The molecule has 0 spiro atoms. The minimum atomic E-state index is 0.365. The lowest BCUT2D eigenvalue weighted by Crippen LogP contribution is -2.29. The first-order chi connectivity index (χ1) is 10.1. The molecule has 0 aliphatic carbocycles. The molecule has 1 aliphatic rings. The van der Waals surface area contributed by atoms with Crippen molar-refractivity contribution < 1.29 is 0 Å². The highest BCUT2D eigenvalue weighted by Gasteiger charge is 2.20. The maximum Gasteiger partial charge on any atom is 0.0920 e. The predicted octanol–water partition coefficient (Wildman–Crippen LogP) is 2.73. The third-order valence-electron chi connectivity index (χ3n) is 4.22. The van der Waals surface area contributed by atoms with Gasteiger partial charge in [0.1, 0.15) is 0 Å². The fraction of sp³-hybridized carbons (Fsp3) is 0.562. The largest absolute Gasteiger partial charge is 0.306 e. The minimum absolute atomic E-state index is 0.365. The molecule has 0 atom stereocenters. The fourth-order valence-electron chi connectivity index (χ4n) is 2.77. The molecule has 21 heavy (non-hydrogen) atoms. The summed E-state index contributed by atoms with van der Waals surface area (Å²) >= 11 is 0. The summed E-state index contributed by atoms with van der Waals surface area (Å²) in [5.74, 6) is 0.536.